The predicted octanol–water partition coefficient (Wildman–Crippen LogP) is 3.76. The lowest BCUT2D eigenvalue weighted by atomic mass is 10.2. The number of amides is 1. The van der Waals surface area contributed by atoms with E-state index in [2.05, 4.69) is 25.7 Å². The maximum Gasteiger partial charge on any atom is 0.232 e. The fourth-order valence-electron chi connectivity index (χ4n) is 1.84. The van der Waals surface area contributed by atoms with Gasteiger partial charge in [0.25, 0.3) is 0 Å². The summed E-state index contributed by atoms with van der Waals surface area (Å²) in [5.41, 5.74) is 1.07. The van der Waals surface area contributed by atoms with Crippen molar-refractivity contribution in [1.29, 1.82) is 0 Å². The summed E-state index contributed by atoms with van der Waals surface area (Å²) in [4.78, 5) is 16.6. The van der Waals surface area contributed by atoms with Crippen molar-refractivity contribution in [1.82, 2.24) is 9.80 Å². The maximum absolute atomic E-state index is 12.5. The molecule has 0 aliphatic heterocycles. The highest BCUT2D eigenvalue weighted by Crippen LogP contribution is 2.23. The maximum atomic E-state index is 12.5. The summed E-state index contributed by atoms with van der Waals surface area (Å²) in [6.45, 7) is 8.58. The van der Waals surface area contributed by atoms with Gasteiger partial charge in [-0.1, -0.05) is 44.5 Å². The first-order valence-corrected chi connectivity index (χ1v) is 8.84. The largest absolute Gasteiger partial charge is 0.336 e. The van der Waals surface area contributed by atoms with E-state index in [0.29, 0.717) is 17.3 Å². The van der Waals surface area contributed by atoms with Crippen molar-refractivity contribution in [2.45, 2.75) is 32.1 Å². The number of benzene rings is 1. The Morgan fingerprint density at radius 1 is 1.23 bits per heavy atom. The number of carbonyl (C=O) groups excluding carboxylic acids is 1. The number of likely N-dealkylation sites (N-methyl/N-ethyl adjacent to an activating group) is 1. The second kappa shape index (κ2) is 8.80. The van der Waals surface area contributed by atoms with Gasteiger partial charge in [-0.25, -0.2) is 0 Å². The molecule has 1 aromatic rings. The Balaban J connectivity index is 2.72. The highest BCUT2D eigenvalue weighted by atomic mass is 35.5. The number of thioether (sulfide) groups is 1. The van der Waals surface area contributed by atoms with Gasteiger partial charge in [0.2, 0.25) is 5.91 Å². The van der Waals surface area contributed by atoms with Crippen molar-refractivity contribution in [3.05, 3.63) is 34.9 Å². The van der Waals surface area contributed by atoms with Gasteiger partial charge in [0.1, 0.15) is 0 Å². The van der Waals surface area contributed by atoms with Crippen LogP contribution in [0.2, 0.25) is 5.02 Å². The van der Waals surface area contributed by atoms with Crippen molar-refractivity contribution < 1.29 is 4.79 Å². The minimum absolute atomic E-state index is 0.0962. The molecule has 0 bridgehead atoms. The number of nitrogens with zero attached hydrogens (tertiary/aromatic N) is 2. The van der Waals surface area contributed by atoms with Gasteiger partial charge < -0.3 is 9.80 Å². The van der Waals surface area contributed by atoms with Crippen LogP contribution in [-0.2, 0) is 11.3 Å². The molecular formula is C17H27ClN2OS. The topological polar surface area (TPSA) is 23.6 Å². The summed E-state index contributed by atoms with van der Waals surface area (Å²) in [5.74, 6) is 0.694. The van der Waals surface area contributed by atoms with E-state index in [-0.39, 0.29) is 10.7 Å². The molecule has 0 saturated heterocycles. The summed E-state index contributed by atoms with van der Waals surface area (Å²) in [6.07, 6.45) is 0. The fourth-order valence-corrected chi connectivity index (χ4v) is 2.79. The first-order chi connectivity index (χ1) is 10.2. The van der Waals surface area contributed by atoms with Gasteiger partial charge in [-0.05, 0) is 31.8 Å². The van der Waals surface area contributed by atoms with E-state index in [4.69, 9.17) is 11.6 Å². The monoisotopic (exact) mass is 342 g/mol. The highest BCUT2D eigenvalue weighted by Gasteiger charge is 2.18. The first kappa shape index (κ1) is 19.3. The Morgan fingerprint density at radius 2 is 1.91 bits per heavy atom. The molecule has 0 aromatic heterocycles. The van der Waals surface area contributed by atoms with Gasteiger partial charge in [0, 0.05) is 29.4 Å². The summed E-state index contributed by atoms with van der Waals surface area (Å²) < 4.78 is 0.0962. The van der Waals surface area contributed by atoms with Crippen molar-refractivity contribution in [2.24, 2.45) is 0 Å². The molecule has 1 amide bonds. The lowest BCUT2D eigenvalue weighted by Crippen LogP contribution is -2.37. The Kier molecular flexibility index (Phi) is 7.74. The normalized spacial score (nSPS) is 11.8. The van der Waals surface area contributed by atoms with E-state index in [1.165, 1.54) is 0 Å². The second-order valence-electron chi connectivity index (χ2n) is 6.65. The summed E-state index contributed by atoms with van der Waals surface area (Å²) in [6, 6.07) is 7.72. The van der Waals surface area contributed by atoms with Crippen LogP contribution in [-0.4, -0.2) is 53.4 Å². The first-order valence-electron chi connectivity index (χ1n) is 7.48. The van der Waals surface area contributed by atoms with Gasteiger partial charge in [-0.15, -0.1) is 11.8 Å². The van der Waals surface area contributed by atoms with Crippen molar-refractivity contribution >= 4 is 29.3 Å². The molecule has 0 fully saturated rings. The predicted molar refractivity (Wildman–Crippen MR) is 97.6 cm³/mol. The number of halogens is 1. The number of carbonyl (C=O) groups is 1. The molecule has 124 valence electrons. The molecule has 0 atom stereocenters. The molecule has 1 aromatic carbocycles. The summed E-state index contributed by atoms with van der Waals surface area (Å²) in [7, 11) is 4.04. The van der Waals surface area contributed by atoms with Crippen LogP contribution in [0.5, 0.6) is 0 Å². The standard InChI is InChI=1S/C17H27ClN2OS/c1-17(2,3)22-13-16(21)20(10-9-19(4)5)12-14-7-6-8-15(18)11-14/h6-8,11H,9-10,12-13H2,1-5H3. The molecule has 0 radical (unpaired) electrons. The van der Waals surface area contributed by atoms with Gasteiger partial charge in [0.15, 0.2) is 0 Å². The molecule has 0 N–H and O–H groups in total. The zero-order valence-electron chi connectivity index (χ0n) is 14.2. The van der Waals surface area contributed by atoms with Crippen LogP contribution in [0.1, 0.15) is 26.3 Å². The minimum Gasteiger partial charge on any atom is -0.336 e. The van der Waals surface area contributed by atoms with Crippen molar-refractivity contribution in [3.63, 3.8) is 0 Å². The minimum atomic E-state index is 0.0962. The molecule has 3 nitrogen and oxygen atoms in total. The summed E-state index contributed by atoms with van der Waals surface area (Å²) in [5, 5.41) is 0.710. The van der Waals surface area contributed by atoms with Crippen molar-refractivity contribution in [3.8, 4) is 0 Å². The average Bonchev–Trinajstić information content (AvgIpc) is 2.40. The Hall–Kier alpha value is -0.710. The van der Waals surface area contributed by atoms with E-state index in [9.17, 15) is 4.79 Å². The Bertz CT molecular complexity index is 486. The third-order valence-corrected chi connectivity index (χ3v) is 4.55. The van der Waals surface area contributed by atoms with Crippen LogP contribution in [0.15, 0.2) is 24.3 Å². The SMILES string of the molecule is CN(C)CCN(Cc1cccc(Cl)c1)C(=O)CSC(C)(C)C. The van der Waals surface area contributed by atoms with E-state index in [1.54, 1.807) is 11.8 Å². The molecule has 5 heteroatoms. The third kappa shape index (κ3) is 8.06. The molecule has 0 saturated carbocycles. The molecule has 0 aliphatic carbocycles. The van der Waals surface area contributed by atoms with E-state index in [0.717, 1.165) is 18.7 Å². The quantitative estimate of drug-likeness (QED) is 0.753. The Morgan fingerprint density at radius 3 is 2.45 bits per heavy atom. The van der Waals surface area contributed by atoms with Crippen LogP contribution in [0, 0.1) is 0 Å². The van der Waals surface area contributed by atoms with Gasteiger partial charge >= 0.3 is 0 Å². The lowest BCUT2D eigenvalue weighted by molar-refractivity contribution is -0.129. The second-order valence-corrected chi connectivity index (χ2v) is 8.89. The molecule has 0 heterocycles. The zero-order chi connectivity index (χ0) is 16.8. The molecule has 0 aliphatic rings. The highest BCUT2D eigenvalue weighted by molar-refractivity contribution is 8.01. The van der Waals surface area contributed by atoms with E-state index >= 15 is 0 Å². The molecular weight excluding hydrogens is 316 g/mol. The third-order valence-electron chi connectivity index (χ3n) is 3.06. The van der Waals surface area contributed by atoms with Gasteiger partial charge in [-0.3, -0.25) is 4.79 Å². The Labute approximate surface area is 144 Å². The van der Waals surface area contributed by atoms with E-state index < -0.39 is 0 Å². The van der Waals surface area contributed by atoms with Crippen LogP contribution < -0.4 is 0 Å². The number of hydrogen-bond acceptors (Lipinski definition) is 3. The van der Waals surface area contributed by atoms with Gasteiger partial charge in [0.05, 0.1) is 5.75 Å². The number of rotatable bonds is 7. The molecule has 1 rings (SSSR count). The van der Waals surface area contributed by atoms with Gasteiger partial charge in [-0.2, -0.15) is 0 Å². The number of hydrogen-bond donors (Lipinski definition) is 0. The fraction of sp³-hybridized carbons (Fsp3) is 0.588. The average molecular weight is 343 g/mol. The molecule has 0 spiro atoms. The zero-order valence-corrected chi connectivity index (χ0v) is 15.8. The molecule has 0 unspecified atom stereocenters. The summed E-state index contributed by atoms with van der Waals surface area (Å²) >= 11 is 7.73. The van der Waals surface area contributed by atoms with Crippen molar-refractivity contribution in [2.75, 3.05) is 32.9 Å². The van der Waals surface area contributed by atoms with Crippen LogP contribution in [0.25, 0.3) is 0 Å². The molecule has 22 heavy (non-hydrogen) atoms. The van der Waals surface area contributed by atoms with E-state index in [1.807, 2.05) is 43.3 Å². The van der Waals surface area contributed by atoms with Crippen LogP contribution in [0.4, 0.5) is 0 Å². The smallest absolute Gasteiger partial charge is 0.232 e. The van der Waals surface area contributed by atoms with Crippen LogP contribution in [0.3, 0.4) is 0 Å². The van der Waals surface area contributed by atoms with Crippen LogP contribution >= 0.6 is 23.4 Å². The lowest BCUT2D eigenvalue weighted by Gasteiger charge is -2.26.